The van der Waals surface area contributed by atoms with Crippen LogP contribution < -0.4 is 20.7 Å². The van der Waals surface area contributed by atoms with E-state index in [1.165, 1.54) is 7.11 Å². The fourth-order valence-electron chi connectivity index (χ4n) is 2.22. The number of amides is 2. The van der Waals surface area contributed by atoms with Crippen LogP contribution in [0.5, 0.6) is 5.75 Å². The van der Waals surface area contributed by atoms with Gasteiger partial charge >= 0.3 is 12.2 Å². The number of nitrogens with one attached hydrogen (secondary N) is 3. The average Bonchev–Trinajstić information content (AvgIpc) is 2.52. The number of alkyl carbamates (subject to hydrolysis) is 1. The lowest BCUT2D eigenvalue weighted by Crippen LogP contribution is -2.40. The summed E-state index contributed by atoms with van der Waals surface area (Å²) in [5, 5.41) is 16.9. The van der Waals surface area contributed by atoms with Gasteiger partial charge in [-0.3, -0.25) is 10.3 Å². The molecule has 0 radical (unpaired) electrons. The van der Waals surface area contributed by atoms with Crippen molar-refractivity contribution in [1.82, 2.24) is 10.6 Å². The fraction of sp³-hybridized carbons (Fsp3) is 0.500. The molecule has 2 amide bonds. The Morgan fingerprint density at radius 1 is 1.30 bits per heavy atom. The smallest absolute Gasteiger partial charge is 0.414 e. The van der Waals surface area contributed by atoms with E-state index < -0.39 is 23.8 Å². The van der Waals surface area contributed by atoms with E-state index in [1.807, 2.05) is 6.92 Å². The van der Waals surface area contributed by atoms with Gasteiger partial charge in [-0.1, -0.05) is 0 Å². The summed E-state index contributed by atoms with van der Waals surface area (Å²) in [5.41, 5.74) is 0.609. The zero-order chi connectivity index (χ0) is 20.6. The van der Waals surface area contributed by atoms with Crippen LogP contribution in [0.2, 0.25) is 0 Å². The van der Waals surface area contributed by atoms with E-state index in [4.69, 9.17) is 14.6 Å². The van der Waals surface area contributed by atoms with Crippen molar-refractivity contribution in [3.05, 3.63) is 23.8 Å². The van der Waals surface area contributed by atoms with Crippen molar-refractivity contribution >= 4 is 23.8 Å². The van der Waals surface area contributed by atoms with Gasteiger partial charge in [0, 0.05) is 17.8 Å². The van der Waals surface area contributed by atoms with Crippen LogP contribution in [0.1, 0.15) is 46.2 Å². The Morgan fingerprint density at radius 2 is 1.96 bits per heavy atom. The van der Waals surface area contributed by atoms with Crippen LogP contribution in [-0.4, -0.2) is 42.5 Å². The Hall–Kier alpha value is -2.97. The molecule has 0 aromatic heterocycles. The molecule has 1 rings (SSSR count). The monoisotopic (exact) mass is 380 g/mol. The number of methoxy groups -OCH3 is 1. The zero-order valence-electron chi connectivity index (χ0n) is 16.5. The predicted octanol–water partition coefficient (Wildman–Crippen LogP) is 3.34. The Bertz CT molecular complexity index is 697. The van der Waals surface area contributed by atoms with E-state index in [0.29, 0.717) is 23.5 Å². The van der Waals surface area contributed by atoms with Crippen LogP contribution in [0.3, 0.4) is 0 Å². The second-order valence-corrected chi connectivity index (χ2v) is 6.70. The first-order chi connectivity index (χ1) is 12.6. The van der Waals surface area contributed by atoms with Crippen LogP contribution in [0.15, 0.2) is 23.2 Å². The fourth-order valence-corrected chi connectivity index (χ4v) is 2.22. The SMILES string of the molecule is CCN=C(NC(=O)OC(C)(C)C)Nc1ccc(OC)c(C(C)NC(=O)O)c1. The number of carboxylic acid groups (broad SMARTS) is 1. The normalized spacial score (nSPS) is 12.7. The summed E-state index contributed by atoms with van der Waals surface area (Å²) in [6.45, 7) is 9.28. The third-order valence-corrected chi connectivity index (χ3v) is 3.23. The molecule has 0 spiro atoms. The van der Waals surface area contributed by atoms with Gasteiger partial charge in [0.1, 0.15) is 11.4 Å². The molecule has 0 fully saturated rings. The standard InChI is InChI=1S/C18H28N4O5/c1-7-19-15(22-17(25)27-18(3,4)5)21-12-8-9-14(26-6)13(10-12)11(2)20-16(23)24/h8-11,20H,7H2,1-6H3,(H,23,24)(H2,19,21,22,25). The summed E-state index contributed by atoms with van der Waals surface area (Å²) in [5.74, 6) is 0.762. The molecule has 9 nitrogen and oxygen atoms in total. The molecule has 9 heteroatoms. The molecule has 1 aromatic carbocycles. The van der Waals surface area contributed by atoms with Crippen LogP contribution in [-0.2, 0) is 4.74 Å². The molecule has 27 heavy (non-hydrogen) atoms. The second kappa shape index (κ2) is 9.65. The largest absolute Gasteiger partial charge is 0.496 e. The van der Waals surface area contributed by atoms with Gasteiger partial charge in [0.15, 0.2) is 0 Å². The lowest BCUT2D eigenvalue weighted by Gasteiger charge is -2.21. The lowest BCUT2D eigenvalue weighted by molar-refractivity contribution is 0.0563. The minimum absolute atomic E-state index is 0.224. The number of ether oxygens (including phenoxy) is 2. The van der Waals surface area contributed by atoms with E-state index in [1.54, 1.807) is 45.9 Å². The molecular weight excluding hydrogens is 352 g/mol. The molecule has 1 atom stereocenters. The maximum absolute atomic E-state index is 12.0. The van der Waals surface area contributed by atoms with E-state index in [-0.39, 0.29) is 5.96 Å². The summed E-state index contributed by atoms with van der Waals surface area (Å²) in [7, 11) is 1.51. The Kier molecular flexibility index (Phi) is 7.89. The zero-order valence-corrected chi connectivity index (χ0v) is 16.5. The van der Waals surface area contributed by atoms with Gasteiger partial charge in [0.05, 0.1) is 13.2 Å². The van der Waals surface area contributed by atoms with Crippen molar-refractivity contribution in [3.63, 3.8) is 0 Å². The highest BCUT2D eigenvalue weighted by Crippen LogP contribution is 2.28. The van der Waals surface area contributed by atoms with Gasteiger partial charge in [-0.25, -0.2) is 9.59 Å². The van der Waals surface area contributed by atoms with E-state index in [0.717, 1.165) is 0 Å². The van der Waals surface area contributed by atoms with Gasteiger partial charge < -0.3 is 25.2 Å². The first-order valence-electron chi connectivity index (χ1n) is 8.54. The predicted molar refractivity (Wildman–Crippen MR) is 104 cm³/mol. The molecular formula is C18H28N4O5. The molecule has 1 unspecified atom stereocenters. The summed E-state index contributed by atoms with van der Waals surface area (Å²) >= 11 is 0. The maximum Gasteiger partial charge on any atom is 0.414 e. The first kappa shape index (κ1) is 22.1. The molecule has 0 saturated heterocycles. The van der Waals surface area contributed by atoms with Crippen LogP contribution in [0, 0.1) is 0 Å². The highest BCUT2D eigenvalue weighted by molar-refractivity contribution is 6.02. The molecule has 0 heterocycles. The van der Waals surface area contributed by atoms with Crippen LogP contribution >= 0.6 is 0 Å². The van der Waals surface area contributed by atoms with E-state index >= 15 is 0 Å². The highest BCUT2D eigenvalue weighted by atomic mass is 16.6. The number of hydrogen-bond acceptors (Lipinski definition) is 5. The number of benzene rings is 1. The third-order valence-electron chi connectivity index (χ3n) is 3.23. The number of hydrogen-bond donors (Lipinski definition) is 4. The van der Waals surface area contributed by atoms with E-state index in [9.17, 15) is 9.59 Å². The van der Waals surface area contributed by atoms with Crippen molar-refractivity contribution in [3.8, 4) is 5.75 Å². The average molecular weight is 380 g/mol. The Balaban J connectivity index is 3.01. The molecule has 0 bridgehead atoms. The number of aliphatic imine (C=N–C) groups is 1. The minimum Gasteiger partial charge on any atom is -0.496 e. The number of anilines is 1. The summed E-state index contributed by atoms with van der Waals surface area (Å²) in [6, 6.07) is 4.66. The van der Waals surface area contributed by atoms with Crippen LogP contribution in [0.25, 0.3) is 0 Å². The van der Waals surface area contributed by atoms with Crippen LogP contribution in [0.4, 0.5) is 15.3 Å². The molecule has 4 N–H and O–H groups in total. The van der Waals surface area contributed by atoms with Crippen molar-refractivity contribution in [2.75, 3.05) is 19.0 Å². The van der Waals surface area contributed by atoms with Gasteiger partial charge in [-0.05, 0) is 52.8 Å². The topological polar surface area (TPSA) is 121 Å². The van der Waals surface area contributed by atoms with Crippen molar-refractivity contribution in [2.24, 2.45) is 4.99 Å². The molecule has 0 aliphatic carbocycles. The molecule has 1 aromatic rings. The molecule has 150 valence electrons. The quantitative estimate of drug-likeness (QED) is 0.459. The third kappa shape index (κ3) is 7.85. The minimum atomic E-state index is -1.14. The summed E-state index contributed by atoms with van der Waals surface area (Å²) in [6.07, 6.45) is -1.76. The van der Waals surface area contributed by atoms with Crippen molar-refractivity contribution in [2.45, 2.75) is 46.3 Å². The summed E-state index contributed by atoms with van der Waals surface area (Å²) < 4.78 is 10.5. The van der Waals surface area contributed by atoms with Gasteiger partial charge in [0.25, 0.3) is 0 Å². The van der Waals surface area contributed by atoms with Gasteiger partial charge in [-0.15, -0.1) is 0 Å². The number of nitrogens with zero attached hydrogens (tertiary/aromatic N) is 1. The summed E-state index contributed by atoms with van der Waals surface area (Å²) in [4.78, 5) is 27.1. The number of carbonyl (C=O) groups excluding carboxylic acids is 1. The first-order valence-corrected chi connectivity index (χ1v) is 8.54. The number of rotatable bonds is 5. The Morgan fingerprint density at radius 3 is 2.48 bits per heavy atom. The van der Waals surface area contributed by atoms with Gasteiger partial charge in [-0.2, -0.15) is 0 Å². The van der Waals surface area contributed by atoms with Gasteiger partial charge in [0.2, 0.25) is 5.96 Å². The van der Waals surface area contributed by atoms with Crippen molar-refractivity contribution < 1.29 is 24.2 Å². The lowest BCUT2D eigenvalue weighted by atomic mass is 10.1. The number of guanidine groups is 1. The molecule has 0 aliphatic rings. The molecule has 0 saturated carbocycles. The maximum atomic E-state index is 12.0. The highest BCUT2D eigenvalue weighted by Gasteiger charge is 2.18. The number of carbonyl (C=O) groups is 2. The van der Waals surface area contributed by atoms with E-state index in [2.05, 4.69) is 20.9 Å². The second-order valence-electron chi connectivity index (χ2n) is 6.70. The Labute approximate surface area is 159 Å². The van der Waals surface area contributed by atoms with Crippen molar-refractivity contribution in [1.29, 1.82) is 0 Å². The molecule has 0 aliphatic heterocycles.